The summed E-state index contributed by atoms with van der Waals surface area (Å²) in [7, 11) is 0. The van der Waals surface area contributed by atoms with E-state index >= 15 is 0 Å². The summed E-state index contributed by atoms with van der Waals surface area (Å²) in [6, 6.07) is 106. The van der Waals surface area contributed by atoms with Gasteiger partial charge in [-0.2, -0.15) is 0 Å². The van der Waals surface area contributed by atoms with Crippen molar-refractivity contribution < 1.29 is 0 Å². The number of nitrogens with zero attached hydrogens (tertiary/aromatic N) is 9. The van der Waals surface area contributed by atoms with Crippen LogP contribution in [-0.4, -0.2) is 37.0 Å². The maximum Gasteiger partial charge on any atom is 0.238 e. The SMILES string of the molecule is [C-]#[N+]c1c(-n2c3ccccc3c3ccccc32)c(-n2c3ccc(-c4ccccc4)cc3n3c4cc(-c5ccccc5)ccc4nc23)cc(-n2c3ccccc3c3ccccc32)c1-n1c2ccc(-c3ccccc3)cc2n2c3cc(-c4ccccc4)ccc3nc12. The van der Waals surface area contributed by atoms with Gasteiger partial charge in [-0.05, 0) is 123 Å². The molecule has 0 saturated heterocycles. The summed E-state index contributed by atoms with van der Waals surface area (Å²) in [5.41, 5.74) is 23.5. The smallest absolute Gasteiger partial charge is 0.238 e. The standard InChI is InChI=1S/C81H49N9/c1-82-77-78(86-67-36-20-16-32-61(67)62-33-17-21-37-68(62)86)76(87-69-44-40-57(53-26-10-4-11-27-53)48-73(69)88-71-46-55(51-22-6-2-7-23-51)38-42-63(71)83-80(87)88)50-75(85-65-34-18-14-30-59(65)60-31-15-19-35-66(60)85)79(77)90-70-45-41-58(54-28-12-5-13-29-54)49-74(70)89-72-47-56(52-24-8-3-9-25-52)39-43-64(72)84-81(89)90/h2-50H. The summed E-state index contributed by atoms with van der Waals surface area (Å²) in [4.78, 5) is 16.4. The Morgan fingerprint density at radius 3 is 0.978 bits per heavy atom. The summed E-state index contributed by atoms with van der Waals surface area (Å²) in [6.07, 6.45) is 0. The number of imidazole rings is 4. The van der Waals surface area contributed by atoms with Crippen LogP contribution in [0.1, 0.15) is 0 Å². The van der Waals surface area contributed by atoms with E-state index in [1.54, 1.807) is 0 Å². The number of hydrogen-bond acceptors (Lipinski definition) is 2. The van der Waals surface area contributed by atoms with Crippen LogP contribution >= 0.6 is 0 Å². The molecule has 0 aliphatic heterocycles. The van der Waals surface area contributed by atoms with Crippen LogP contribution in [-0.2, 0) is 0 Å². The number of aromatic nitrogens is 8. The quantitative estimate of drug-likeness (QED) is 0.142. The number of benzene rings is 13. The van der Waals surface area contributed by atoms with Crippen LogP contribution < -0.4 is 0 Å². The molecular formula is C81H49N9. The maximum atomic E-state index is 10.2. The highest BCUT2D eigenvalue weighted by atomic mass is 15.3. The Balaban J connectivity index is 1.04. The molecule has 90 heavy (non-hydrogen) atoms. The van der Waals surface area contributed by atoms with E-state index in [-0.39, 0.29) is 0 Å². The third-order valence-electron chi connectivity index (χ3n) is 18.4. The molecule has 9 heteroatoms. The molecule has 13 aromatic carbocycles. The minimum atomic E-state index is 0.433. The molecule has 0 amide bonds. The third-order valence-corrected chi connectivity index (χ3v) is 18.4. The molecule has 0 spiro atoms. The zero-order chi connectivity index (χ0) is 59.1. The molecule has 9 nitrogen and oxygen atoms in total. The van der Waals surface area contributed by atoms with Gasteiger partial charge >= 0.3 is 0 Å². The summed E-state index contributed by atoms with van der Waals surface area (Å²) >= 11 is 0. The van der Waals surface area contributed by atoms with Crippen molar-refractivity contribution in [3.8, 4) is 67.3 Å². The molecular weight excluding hydrogens is 1100 g/mol. The van der Waals surface area contributed by atoms with Crippen molar-refractivity contribution in [3.63, 3.8) is 0 Å². The van der Waals surface area contributed by atoms with Gasteiger partial charge in [0.2, 0.25) is 17.2 Å². The predicted octanol–water partition coefficient (Wildman–Crippen LogP) is 20.6. The molecule has 0 atom stereocenters. The highest BCUT2D eigenvalue weighted by molar-refractivity contribution is 6.13. The van der Waals surface area contributed by atoms with E-state index in [0.717, 1.165) is 144 Å². The van der Waals surface area contributed by atoms with E-state index in [4.69, 9.17) is 14.8 Å². The minimum absolute atomic E-state index is 0.433. The van der Waals surface area contributed by atoms with E-state index in [9.17, 15) is 6.57 Å². The second kappa shape index (κ2) is 19.2. The fourth-order valence-electron chi connectivity index (χ4n) is 14.5. The van der Waals surface area contributed by atoms with E-state index in [1.165, 1.54) is 0 Å². The second-order valence-electron chi connectivity index (χ2n) is 23.3. The second-order valence-corrected chi connectivity index (χ2v) is 23.3. The van der Waals surface area contributed by atoms with Gasteiger partial charge in [0.25, 0.3) is 0 Å². The fraction of sp³-hybridized carbons (Fsp3) is 0. The van der Waals surface area contributed by atoms with Crippen LogP contribution in [0.15, 0.2) is 297 Å². The molecule has 0 unspecified atom stereocenters. The number of fused-ring (bicyclic) bond motifs is 16. The Hall–Kier alpha value is -12.5. The fourth-order valence-corrected chi connectivity index (χ4v) is 14.5. The highest BCUT2D eigenvalue weighted by Crippen LogP contribution is 2.50. The van der Waals surface area contributed by atoms with Crippen LogP contribution in [0.25, 0.3) is 171 Å². The molecule has 0 aliphatic rings. The molecule has 0 radical (unpaired) electrons. The average Bonchev–Trinajstić information content (AvgIpc) is 1.98. The third kappa shape index (κ3) is 7.18. The van der Waals surface area contributed by atoms with Crippen molar-refractivity contribution >= 4 is 105 Å². The van der Waals surface area contributed by atoms with Gasteiger partial charge in [-0.15, -0.1) is 0 Å². The first-order valence-corrected chi connectivity index (χ1v) is 30.3. The van der Waals surface area contributed by atoms with Crippen LogP contribution in [0.3, 0.4) is 0 Å². The summed E-state index contributed by atoms with van der Waals surface area (Å²) in [5.74, 6) is 1.39. The van der Waals surface area contributed by atoms with E-state index in [2.05, 4.69) is 324 Å². The lowest BCUT2D eigenvalue weighted by Crippen LogP contribution is -2.11. The van der Waals surface area contributed by atoms with Gasteiger partial charge in [0.15, 0.2) is 0 Å². The van der Waals surface area contributed by atoms with Crippen LogP contribution in [0, 0.1) is 6.57 Å². The van der Waals surface area contributed by atoms with E-state index in [1.807, 2.05) is 0 Å². The van der Waals surface area contributed by atoms with Crippen molar-refractivity contribution in [2.75, 3.05) is 0 Å². The van der Waals surface area contributed by atoms with Gasteiger partial charge in [0.05, 0.1) is 95.5 Å². The first-order chi connectivity index (χ1) is 44.6. The van der Waals surface area contributed by atoms with Gasteiger partial charge in [-0.25, -0.2) is 14.8 Å². The Kier molecular flexibility index (Phi) is 10.6. The minimum Gasteiger partial charge on any atom is -0.317 e. The largest absolute Gasteiger partial charge is 0.317 e. The van der Waals surface area contributed by atoms with Crippen molar-refractivity contribution in [1.29, 1.82) is 0 Å². The molecule has 6 heterocycles. The summed E-state index contributed by atoms with van der Waals surface area (Å²) in [5, 5.41) is 4.35. The van der Waals surface area contributed by atoms with Crippen molar-refractivity contribution in [2.45, 2.75) is 0 Å². The summed E-state index contributed by atoms with van der Waals surface area (Å²) in [6.45, 7) is 10.2. The lowest BCUT2D eigenvalue weighted by atomic mass is 10.0. The highest BCUT2D eigenvalue weighted by Gasteiger charge is 2.33. The van der Waals surface area contributed by atoms with E-state index < -0.39 is 0 Å². The number of hydrogen-bond donors (Lipinski definition) is 0. The lowest BCUT2D eigenvalue weighted by Gasteiger charge is -2.24. The first-order valence-electron chi connectivity index (χ1n) is 30.3. The number of para-hydroxylation sites is 4. The molecule has 0 N–H and O–H groups in total. The normalized spacial score (nSPS) is 12.0. The Labute approximate surface area is 515 Å². The molecule has 0 saturated carbocycles. The Bertz CT molecular complexity index is 6100. The zero-order valence-electron chi connectivity index (χ0n) is 48.3. The topological polar surface area (TPSA) is 58.7 Å². The molecule has 0 bridgehead atoms. The van der Waals surface area contributed by atoms with Gasteiger partial charge < -0.3 is 9.13 Å². The van der Waals surface area contributed by atoms with Gasteiger partial charge in [-0.3, -0.25) is 17.9 Å². The lowest BCUT2D eigenvalue weighted by molar-refractivity contribution is 1.02. The maximum absolute atomic E-state index is 10.2. The molecule has 19 aromatic rings. The zero-order valence-corrected chi connectivity index (χ0v) is 48.3. The van der Waals surface area contributed by atoms with Gasteiger partial charge in [-0.1, -0.05) is 218 Å². The molecule has 0 fully saturated rings. The summed E-state index contributed by atoms with van der Waals surface area (Å²) < 4.78 is 14.0. The first kappa shape index (κ1) is 49.7. The molecule has 0 aliphatic carbocycles. The van der Waals surface area contributed by atoms with Crippen LogP contribution in [0.2, 0.25) is 0 Å². The Morgan fingerprint density at radius 1 is 0.244 bits per heavy atom. The predicted molar refractivity (Wildman–Crippen MR) is 369 cm³/mol. The molecule has 418 valence electrons. The molecule has 6 aromatic heterocycles. The molecule has 19 rings (SSSR count). The van der Waals surface area contributed by atoms with Crippen molar-refractivity contribution in [1.82, 2.24) is 37.0 Å². The van der Waals surface area contributed by atoms with Crippen LogP contribution in [0.4, 0.5) is 5.69 Å². The van der Waals surface area contributed by atoms with Gasteiger partial charge in [0, 0.05) is 21.5 Å². The van der Waals surface area contributed by atoms with Crippen molar-refractivity contribution in [2.24, 2.45) is 0 Å². The monoisotopic (exact) mass is 1150 g/mol. The number of rotatable bonds is 8. The van der Waals surface area contributed by atoms with Crippen LogP contribution in [0.5, 0.6) is 0 Å². The van der Waals surface area contributed by atoms with E-state index in [0.29, 0.717) is 28.6 Å². The van der Waals surface area contributed by atoms with Crippen molar-refractivity contribution in [3.05, 3.63) is 309 Å². The Morgan fingerprint density at radius 2 is 0.567 bits per heavy atom. The van der Waals surface area contributed by atoms with Gasteiger partial charge in [0.1, 0.15) is 0 Å². The average molecular weight is 1150 g/mol.